The molecule has 3 N–H and O–H groups in total. The van der Waals surface area contributed by atoms with Crippen molar-refractivity contribution in [2.24, 2.45) is 0 Å². The Hall–Kier alpha value is -0.990. The molecule has 0 unspecified atom stereocenters. The first-order valence-corrected chi connectivity index (χ1v) is 11.2. The summed E-state index contributed by atoms with van der Waals surface area (Å²) in [6.07, 6.45) is 3.51. The van der Waals surface area contributed by atoms with E-state index < -0.39 is 0 Å². The van der Waals surface area contributed by atoms with Crippen molar-refractivity contribution < 1.29 is 71.3 Å². The second-order valence-electron chi connectivity index (χ2n) is 9.49. The van der Waals surface area contributed by atoms with Crippen molar-refractivity contribution in [3.8, 4) is 0 Å². The van der Waals surface area contributed by atoms with E-state index in [2.05, 4.69) is 49.2 Å². The van der Waals surface area contributed by atoms with E-state index in [1.54, 1.807) is 0 Å². The Morgan fingerprint density at radius 3 is 2.00 bits per heavy atom. The SMILES string of the molecule is C[N+](C)(CCNC(=O)CNC(=O)CNC(=O)C[N+]1(C)CCCCC1)Cc1ccccc1.[I-].[I-]. The number of carbonyl (C=O) groups excluding carboxylic acids is 3. The fourth-order valence-electron chi connectivity index (χ4n) is 3.97. The van der Waals surface area contributed by atoms with Crippen LogP contribution in [0.2, 0.25) is 0 Å². The van der Waals surface area contributed by atoms with Gasteiger partial charge in [-0.3, -0.25) is 14.4 Å². The number of hydrogen-bond donors (Lipinski definition) is 3. The molecule has 0 bridgehead atoms. The van der Waals surface area contributed by atoms with Gasteiger partial charge in [0.15, 0.2) is 6.54 Å². The van der Waals surface area contributed by atoms with Crippen molar-refractivity contribution in [1.29, 1.82) is 0 Å². The van der Waals surface area contributed by atoms with Crippen molar-refractivity contribution in [1.82, 2.24) is 16.0 Å². The normalized spacial score (nSPS) is 14.8. The van der Waals surface area contributed by atoms with Crippen LogP contribution in [-0.2, 0) is 20.9 Å². The van der Waals surface area contributed by atoms with Crippen LogP contribution in [-0.4, -0.2) is 93.6 Å². The summed E-state index contributed by atoms with van der Waals surface area (Å²) in [5.74, 6) is -0.710. The second-order valence-corrected chi connectivity index (χ2v) is 9.49. The number of rotatable bonds is 11. The van der Waals surface area contributed by atoms with Crippen LogP contribution in [0.5, 0.6) is 0 Å². The van der Waals surface area contributed by atoms with Crippen LogP contribution in [0, 0.1) is 0 Å². The third kappa shape index (κ3) is 13.5. The lowest BCUT2D eigenvalue weighted by atomic mass is 10.1. The molecular formula is C23H39I2N5O3. The summed E-state index contributed by atoms with van der Waals surface area (Å²) in [5, 5.41) is 8.07. The molecule has 0 radical (unpaired) electrons. The van der Waals surface area contributed by atoms with Crippen LogP contribution >= 0.6 is 0 Å². The van der Waals surface area contributed by atoms with Crippen LogP contribution in [0.1, 0.15) is 24.8 Å². The van der Waals surface area contributed by atoms with Crippen LogP contribution in [0.25, 0.3) is 0 Å². The third-order valence-electron chi connectivity index (χ3n) is 5.81. The molecule has 1 aliphatic rings. The van der Waals surface area contributed by atoms with Gasteiger partial charge in [0.25, 0.3) is 5.91 Å². The Labute approximate surface area is 232 Å². The summed E-state index contributed by atoms with van der Waals surface area (Å²) in [4.78, 5) is 36.1. The number of nitrogens with one attached hydrogen (secondary N) is 3. The van der Waals surface area contributed by atoms with Gasteiger partial charge in [0.1, 0.15) is 6.54 Å². The molecule has 2 rings (SSSR count). The van der Waals surface area contributed by atoms with E-state index in [4.69, 9.17) is 0 Å². The number of likely N-dealkylation sites (N-methyl/N-ethyl adjacent to an activating group) is 2. The van der Waals surface area contributed by atoms with Gasteiger partial charge in [-0.1, -0.05) is 30.3 Å². The fraction of sp³-hybridized carbons (Fsp3) is 0.609. The minimum atomic E-state index is -0.356. The van der Waals surface area contributed by atoms with Crippen LogP contribution in [0.4, 0.5) is 0 Å². The average Bonchev–Trinajstić information content (AvgIpc) is 2.71. The second kappa shape index (κ2) is 15.8. The maximum atomic E-state index is 12.1. The molecule has 0 aromatic heterocycles. The number of hydrogen-bond acceptors (Lipinski definition) is 3. The molecule has 0 aliphatic carbocycles. The molecule has 1 heterocycles. The summed E-state index contributed by atoms with van der Waals surface area (Å²) in [7, 11) is 6.33. The predicted octanol–water partition coefficient (Wildman–Crippen LogP) is -5.75. The van der Waals surface area contributed by atoms with E-state index >= 15 is 0 Å². The van der Waals surface area contributed by atoms with Gasteiger partial charge >= 0.3 is 0 Å². The lowest BCUT2D eigenvalue weighted by Gasteiger charge is -2.36. The number of likely N-dealkylation sites (tertiary alicyclic amines) is 1. The van der Waals surface area contributed by atoms with E-state index in [0.717, 1.165) is 48.0 Å². The highest BCUT2D eigenvalue weighted by atomic mass is 127. The smallest absolute Gasteiger partial charge is 0.275 e. The largest absolute Gasteiger partial charge is 1.00 e. The Morgan fingerprint density at radius 1 is 0.848 bits per heavy atom. The van der Waals surface area contributed by atoms with Crippen molar-refractivity contribution in [3.05, 3.63) is 35.9 Å². The molecule has 188 valence electrons. The van der Waals surface area contributed by atoms with Gasteiger partial charge in [-0.2, -0.15) is 0 Å². The number of benzene rings is 1. The van der Waals surface area contributed by atoms with E-state index in [-0.39, 0.29) is 78.8 Å². The molecule has 33 heavy (non-hydrogen) atoms. The maximum Gasteiger partial charge on any atom is 0.275 e. The summed E-state index contributed by atoms with van der Waals surface area (Å²) >= 11 is 0. The van der Waals surface area contributed by atoms with E-state index in [1.807, 2.05) is 18.2 Å². The van der Waals surface area contributed by atoms with Gasteiger partial charge in [-0.25, -0.2) is 0 Å². The molecule has 1 aromatic rings. The van der Waals surface area contributed by atoms with Crippen molar-refractivity contribution >= 4 is 17.7 Å². The van der Waals surface area contributed by atoms with Gasteiger partial charge in [0.2, 0.25) is 11.8 Å². The minimum Gasteiger partial charge on any atom is -1.00 e. The first kappa shape index (κ1) is 32.0. The zero-order valence-electron chi connectivity index (χ0n) is 20.0. The van der Waals surface area contributed by atoms with E-state index in [0.29, 0.717) is 13.1 Å². The Morgan fingerprint density at radius 2 is 1.39 bits per heavy atom. The molecule has 1 aromatic carbocycles. The summed E-state index contributed by atoms with van der Waals surface area (Å²) < 4.78 is 1.48. The minimum absolute atomic E-state index is 0. The van der Waals surface area contributed by atoms with E-state index in [1.165, 1.54) is 12.0 Å². The molecule has 1 fully saturated rings. The zero-order chi connectivity index (χ0) is 22.7. The molecule has 8 nitrogen and oxygen atoms in total. The Kier molecular flexibility index (Phi) is 15.3. The monoisotopic (exact) mass is 687 g/mol. The maximum absolute atomic E-state index is 12.1. The zero-order valence-corrected chi connectivity index (χ0v) is 24.4. The summed E-state index contributed by atoms with van der Waals surface area (Å²) in [5.41, 5.74) is 1.25. The average molecular weight is 687 g/mol. The van der Waals surface area contributed by atoms with Crippen molar-refractivity contribution in [2.45, 2.75) is 25.8 Å². The highest BCUT2D eigenvalue weighted by molar-refractivity contribution is 5.88. The van der Waals surface area contributed by atoms with Crippen LogP contribution in [0.15, 0.2) is 30.3 Å². The van der Waals surface area contributed by atoms with Crippen LogP contribution in [0.3, 0.4) is 0 Å². The number of nitrogens with zero attached hydrogens (tertiary/aromatic N) is 2. The van der Waals surface area contributed by atoms with Gasteiger partial charge in [0.05, 0.1) is 60.4 Å². The van der Waals surface area contributed by atoms with Gasteiger partial charge in [-0.05, 0) is 19.3 Å². The quantitative estimate of drug-likeness (QED) is 0.160. The summed E-state index contributed by atoms with van der Waals surface area (Å²) in [6, 6.07) is 10.2. The van der Waals surface area contributed by atoms with E-state index in [9.17, 15) is 14.4 Å². The first-order chi connectivity index (χ1) is 14.7. The van der Waals surface area contributed by atoms with Gasteiger partial charge < -0.3 is 72.9 Å². The fourth-order valence-corrected chi connectivity index (χ4v) is 3.97. The van der Waals surface area contributed by atoms with Gasteiger partial charge in [0, 0.05) is 5.56 Å². The molecule has 0 saturated carbocycles. The Balaban J connectivity index is 0.00000512. The van der Waals surface area contributed by atoms with Gasteiger partial charge in [-0.15, -0.1) is 0 Å². The molecule has 0 atom stereocenters. The number of quaternary nitrogens is 2. The Bertz CT molecular complexity index is 741. The molecule has 3 amide bonds. The van der Waals surface area contributed by atoms with Crippen molar-refractivity contribution in [3.63, 3.8) is 0 Å². The first-order valence-electron chi connectivity index (χ1n) is 11.2. The molecule has 1 aliphatic heterocycles. The van der Waals surface area contributed by atoms with Crippen molar-refractivity contribution in [2.75, 3.05) is 67.0 Å². The lowest BCUT2D eigenvalue weighted by Crippen LogP contribution is -3.00. The molecular weight excluding hydrogens is 648 g/mol. The number of halogens is 2. The molecule has 10 heteroatoms. The number of carbonyl (C=O) groups is 3. The topological polar surface area (TPSA) is 87.3 Å². The standard InChI is InChI=1S/C23H37N5O3.2HI/c1-27(2,18-20-10-6-4-7-11-20)15-12-24-21(29)16-25-22(30)17-26-23(31)19-28(3)13-8-5-9-14-28;;/h4,6-7,10-11H,5,8-9,12-19H2,1-3H3,(H-2,24,25,26,29,30,31);2*1H. The number of amides is 3. The third-order valence-corrected chi connectivity index (χ3v) is 5.81. The molecule has 0 spiro atoms. The highest BCUT2D eigenvalue weighted by Gasteiger charge is 2.27. The number of piperidine rings is 1. The summed E-state index contributed by atoms with van der Waals surface area (Å²) in [6.45, 7) is 4.39. The van der Waals surface area contributed by atoms with Crippen LogP contribution < -0.4 is 63.9 Å². The predicted molar refractivity (Wildman–Crippen MR) is 121 cm³/mol. The highest BCUT2D eigenvalue weighted by Crippen LogP contribution is 2.15. The molecule has 1 saturated heterocycles. The lowest BCUT2D eigenvalue weighted by molar-refractivity contribution is -0.906.